The van der Waals surface area contributed by atoms with E-state index < -0.39 is 34.9 Å². The number of benzene rings is 2. The summed E-state index contributed by atoms with van der Waals surface area (Å²) < 4.78 is 67.3. The van der Waals surface area contributed by atoms with Crippen LogP contribution in [0.15, 0.2) is 48.5 Å². The average Bonchev–Trinajstić information content (AvgIpc) is 2.74. The first-order valence-corrected chi connectivity index (χ1v) is 10.1. The number of carbonyl (C=O) groups excluding carboxylic acids is 1. The number of halogens is 6. The molecule has 0 atom stereocenters. The number of amides is 1. The van der Waals surface area contributed by atoms with E-state index in [1.165, 1.54) is 12.1 Å². The highest BCUT2D eigenvalue weighted by atomic mass is 35.5. The molecule has 0 saturated heterocycles. The first kappa shape index (κ1) is 24.9. The van der Waals surface area contributed by atoms with Gasteiger partial charge in [-0.05, 0) is 56.0 Å². The van der Waals surface area contributed by atoms with E-state index in [0.717, 1.165) is 24.3 Å². The van der Waals surface area contributed by atoms with Crippen molar-refractivity contribution < 1.29 is 26.7 Å². The predicted octanol–water partition coefficient (Wildman–Crippen LogP) is 5.70. The molecule has 2 aromatic carbocycles. The van der Waals surface area contributed by atoms with Crippen LogP contribution in [-0.2, 0) is 6.18 Å². The molecule has 33 heavy (non-hydrogen) atoms. The molecule has 1 saturated carbocycles. The van der Waals surface area contributed by atoms with Crippen LogP contribution in [-0.4, -0.2) is 16.6 Å². The fraction of sp³-hybridized carbons (Fsp3) is 0.304. The van der Waals surface area contributed by atoms with Gasteiger partial charge in [0.15, 0.2) is 11.6 Å². The summed E-state index contributed by atoms with van der Waals surface area (Å²) in [6.45, 7) is 0. The molecule has 4 nitrogen and oxygen atoms in total. The topological polar surface area (TPSA) is 68.0 Å². The molecular weight excluding hydrogens is 465 g/mol. The average molecular weight is 486 g/mol. The minimum atomic E-state index is -4.51. The van der Waals surface area contributed by atoms with Gasteiger partial charge < -0.3 is 11.1 Å². The summed E-state index contributed by atoms with van der Waals surface area (Å²) in [5.41, 5.74) is 5.00. The molecule has 1 aliphatic rings. The molecule has 1 fully saturated rings. The Balaban J connectivity index is 0.00000306. The van der Waals surface area contributed by atoms with Gasteiger partial charge in [0.2, 0.25) is 0 Å². The van der Waals surface area contributed by atoms with Crippen LogP contribution in [0.4, 0.5) is 22.0 Å². The van der Waals surface area contributed by atoms with Crippen LogP contribution in [0.3, 0.4) is 0 Å². The number of nitrogens with two attached hydrogens (primary N) is 1. The minimum Gasteiger partial charge on any atom is -0.334 e. The Morgan fingerprint density at radius 2 is 1.70 bits per heavy atom. The van der Waals surface area contributed by atoms with Crippen molar-refractivity contribution in [1.29, 1.82) is 0 Å². The van der Waals surface area contributed by atoms with E-state index in [9.17, 15) is 26.7 Å². The molecule has 0 unspecified atom stereocenters. The van der Waals surface area contributed by atoms with Gasteiger partial charge >= 0.3 is 6.18 Å². The van der Waals surface area contributed by atoms with Crippen molar-refractivity contribution in [2.45, 2.75) is 43.4 Å². The van der Waals surface area contributed by atoms with Gasteiger partial charge in [0.05, 0.1) is 16.7 Å². The van der Waals surface area contributed by atoms with E-state index in [4.69, 9.17) is 5.73 Å². The van der Waals surface area contributed by atoms with Crippen LogP contribution in [0.2, 0.25) is 0 Å². The summed E-state index contributed by atoms with van der Waals surface area (Å²) in [5, 5.41) is 2.69. The van der Waals surface area contributed by atoms with Gasteiger partial charge in [-0.3, -0.25) is 9.78 Å². The predicted molar refractivity (Wildman–Crippen MR) is 116 cm³/mol. The zero-order chi connectivity index (χ0) is 23.1. The Hall–Kier alpha value is -2.78. The Morgan fingerprint density at radius 3 is 2.33 bits per heavy atom. The number of rotatable bonds is 3. The third-order valence-corrected chi connectivity index (χ3v) is 5.88. The van der Waals surface area contributed by atoms with Gasteiger partial charge in [-0.25, -0.2) is 8.78 Å². The molecule has 3 N–H and O–H groups in total. The molecule has 0 radical (unpaired) electrons. The Kier molecular flexibility index (Phi) is 6.95. The molecule has 1 amide bonds. The van der Waals surface area contributed by atoms with Crippen LogP contribution >= 0.6 is 12.4 Å². The van der Waals surface area contributed by atoms with Crippen molar-refractivity contribution in [1.82, 2.24) is 10.3 Å². The zero-order valence-electron chi connectivity index (χ0n) is 17.3. The van der Waals surface area contributed by atoms with Crippen LogP contribution in [0.5, 0.6) is 0 Å². The lowest BCUT2D eigenvalue weighted by molar-refractivity contribution is -0.136. The number of alkyl halides is 3. The highest BCUT2D eigenvalue weighted by Gasteiger charge is 2.37. The quantitative estimate of drug-likeness (QED) is 0.369. The van der Waals surface area contributed by atoms with Gasteiger partial charge in [0.1, 0.15) is 0 Å². The normalized spacial score (nSPS) is 20.8. The summed E-state index contributed by atoms with van der Waals surface area (Å²) in [6, 6.07) is 10.0. The second-order valence-corrected chi connectivity index (χ2v) is 8.12. The second kappa shape index (κ2) is 9.23. The monoisotopic (exact) mass is 485 g/mol. The first-order chi connectivity index (χ1) is 15.1. The number of carbonyl (C=O) groups is 1. The number of hydrogen-bond donors (Lipinski definition) is 2. The molecule has 0 bridgehead atoms. The summed E-state index contributed by atoms with van der Waals surface area (Å²) in [5.74, 6) is -3.11. The fourth-order valence-electron chi connectivity index (χ4n) is 4.13. The highest BCUT2D eigenvalue weighted by Crippen LogP contribution is 2.40. The maximum atomic E-state index is 13.6. The zero-order valence-corrected chi connectivity index (χ0v) is 18.1. The van der Waals surface area contributed by atoms with Crippen molar-refractivity contribution in [3.63, 3.8) is 0 Å². The number of nitrogens with zero attached hydrogens (tertiary/aromatic N) is 1. The van der Waals surface area contributed by atoms with Gasteiger partial charge in [-0.15, -0.1) is 12.4 Å². The summed E-state index contributed by atoms with van der Waals surface area (Å²) in [4.78, 5) is 16.9. The van der Waals surface area contributed by atoms with Gasteiger partial charge in [-0.1, -0.05) is 18.2 Å². The fourth-order valence-corrected chi connectivity index (χ4v) is 4.13. The van der Waals surface area contributed by atoms with Crippen molar-refractivity contribution in [2.75, 3.05) is 0 Å². The van der Waals surface area contributed by atoms with Crippen molar-refractivity contribution >= 4 is 29.2 Å². The lowest BCUT2D eigenvalue weighted by atomic mass is 9.80. The number of aromatic nitrogens is 1. The molecule has 0 aliphatic heterocycles. The summed E-state index contributed by atoms with van der Waals surface area (Å²) in [7, 11) is 0. The molecule has 1 heterocycles. The Morgan fingerprint density at radius 1 is 1.03 bits per heavy atom. The maximum Gasteiger partial charge on any atom is 0.417 e. The van der Waals surface area contributed by atoms with Crippen LogP contribution in [0, 0.1) is 11.6 Å². The van der Waals surface area contributed by atoms with Gasteiger partial charge in [0.25, 0.3) is 5.91 Å². The molecule has 0 spiro atoms. The van der Waals surface area contributed by atoms with Gasteiger partial charge in [-0.2, -0.15) is 13.2 Å². The molecule has 1 aliphatic carbocycles. The lowest BCUT2D eigenvalue weighted by Crippen LogP contribution is -2.57. The lowest BCUT2D eigenvalue weighted by Gasteiger charge is -2.37. The van der Waals surface area contributed by atoms with E-state index in [-0.39, 0.29) is 34.8 Å². The summed E-state index contributed by atoms with van der Waals surface area (Å²) >= 11 is 0. The van der Waals surface area contributed by atoms with E-state index in [1.807, 2.05) is 0 Å². The number of pyridine rings is 1. The highest BCUT2D eigenvalue weighted by molar-refractivity contribution is 5.94. The maximum absolute atomic E-state index is 13.6. The summed E-state index contributed by atoms with van der Waals surface area (Å²) in [6.07, 6.45) is -3.09. The molecular formula is C23H21ClF5N3O. The Bertz CT molecular complexity index is 1180. The minimum absolute atomic E-state index is 0. The molecule has 10 heteroatoms. The van der Waals surface area contributed by atoms with E-state index in [1.54, 1.807) is 12.1 Å². The van der Waals surface area contributed by atoms with Crippen LogP contribution in [0.25, 0.3) is 10.9 Å². The standard InChI is InChI=1S/C23H20F5N3O.ClH/c24-17-6-5-14(11-18(17)25)21(32)31-22(29)9-7-13(8-10-22)20-12-16(23(26,27)28)15-3-1-2-4-19(15)30-20;/h1-6,11-13H,7-10,29H2,(H,31,32);1H. The van der Waals surface area contributed by atoms with E-state index in [0.29, 0.717) is 31.4 Å². The number of fused-ring (bicyclic) bond motifs is 1. The van der Waals surface area contributed by atoms with Crippen molar-refractivity contribution in [3.8, 4) is 0 Å². The SMILES string of the molecule is Cl.NC1(NC(=O)c2ccc(F)c(F)c2)CCC(c2cc(C(F)(F)F)c3ccccc3n2)CC1. The molecule has 1 aromatic heterocycles. The van der Waals surface area contributed by atoms with Crippen molar-refractivity contribution in [2.24, 2.45) is 5.73 Å². The van der Waals surface area contributed by atoms with E-state index in [2.05, 4.69) is 10.3 Å². The second-order valence-electron chi connectivity index (χ2n) is 8.12. The largest absolute Gasteiger partial charge is 0.417 e. The number of para-hydroxylation sites is 1. The van der Waals surface area contributed by atoms with Crippen molar-refractivity contribution in [3.05, 3.63) is 77.0 Å². The molecule has 3 aromatic rings. The third kappa shape index (κ3) is 5.25. The van der Waals surface area contributed by atoms with E-state index >= 15 is 0 Å². The van der Waals surface area contributed by atoms with Crippen LogP contribution < -0.4 is 11.1 Å². The smallest absolute Gasteiger partial charge is 0.334 e. The molecule has 176 valence electrons. The third-order valence-electron chi connectivity index (χ3n) is 5.88. The van der Waals surface area contributed by atoms with Crippen LogP contribution in [0.1, 0.15) is 53.2 Å². The van der Waals surface area contributed by atoms with Gasteiger partial charge in [0, 0.05) is 22.6 Å². The number of nitrogens with one attached hydrogen (secondary N) is 1. The number of hydrogen-bond acceptors (Lipinski definition) is 3. The Labute approximate surface area is 192 Å². The first-order valence-electron chi connectivity index (χ1n) is 10.1. The molecule has 4 rings (SSSR count).